The van der Waals surface area contributed by atoms with E-state index in [9.17, 15) is 13.2 Å². The summed E-state index contributed by atoms with van der Waals surface area (Å²) in [6, 6.07) is 0. The molecule has 2 aliphatic heterocycles. The second-order valence-corrected chi connectivity index (χ2v) is 9.53. The van der Waals surface area contributed by atoms with Crippen molar-refractivity contribution in [2.75, 3.05) is 19.6 Å². The van der Waals surface area contributed by atoms with Gasteiger partial charge in [-0.25, -0.2) is 12.7 Å². The summed E-state index contributed by atoms with van der Waals surface area (Å²) in [4.78, 5) is 19.7. The van der Waals surface area contributed by atoms with Gasteiger partial charge in [0.15, 0.2) is 0 Å². The van der Waals surface area contributed by atoms with Crippen molar-refractivity contribution in [3.8, 4) is 0 Å². The Balaban J connectivity index is 1.63. The van der Waals surface area contributed by atoms with Crippen LogP contribution in [0.15, 0.2) is 4.99 Å². The second kappa shape index (κ2) is 5.02. The van der Waals surface area contributed by atoms with Crippen molar-refractivity contribution >= 4 is 21.8 Å². The van der Waals surface area contributed by atoms with Crippen LogP contribution in [0.5, 0.6) is 0 Å². The van der Waals surface area contributed by atoms with E-state index >= 15 is 0 Å². The topological polar surface area (TPSA) is 70.0 Å². The Hall–Kier alpha value is -0.950. The van der Waals surface area contributed by atoms with Gasteiger partial charge in [0.2, 0.25) is 10.0 Å². The molecule has 0 N–H and O–H groups in total. The van der Waals surface area contributed by atoms with E-state index in [-0.39, 0.29) is 23.0 Å². The van der Waals surface area contributed by atoms with Crippen LogP contribution in [0.4, 0.5) is 0 Å². The van der Waals surface area contributed by atoms with Gasteiger partial charge in [-0.05, 0) is 38.5 Å². The summed E-state index contributed by atoms with van der Waals surface area (Å²) in [7, 11) is -3.15. The number of nitrogens with zero attached hydrogens (tertiary/aromatic N) is 3. The van der Waals surface area contributed by atoms with E-state index < -0.39 is 15.6 Å². The molecular formula is C16H25N3O3S. The smallest absolute Gasteiger partial charge is 0.256 e. The number of hydrogen-bond donors (Lipinski definition) is 0. The first kappa shape index (κ1) is 15.6. The van der Waals surface area contributed by atoms with Crippen LogP contribution in [0.1, 0.15) is 46.0 Å². The van der Waals surface area contributed by atoms with Crippen LogP contribution in [0.3, 0.4) is 0 Å². The standard InChI is InChI=1S/C16H25N3O3S/c1-3-14-17-16(15(20)19(14)4-2)8-7-11-9-18(10-13(11)16)23(21,22)12-5-6-12/h11-13H,3-10H2,1-2H3/t11-,13+,16-/m1/s1. The van der Waals surface area contributed by atoms with Crippen LogP contribution in [0.2, 0.25) is 0 Å². The van der Waals surface area contributed by atoms with Crippen LogP contribution < -0.4 is 0 Å². The van der Waals surface area contributed by atoms with Crippen LogP contribution in [0, 0.1) is 11.8 Å². The van der Waals surface area contributed by atoms with E-state index in [1.165, 1.54) is 0 Å². The number of amides is 1. The molecule has 3 fully saturated rings. The maximum Gasteiger partial charge on any atom is 0.256 e. The van der Waals surface area contributed by atoms with Crippen molar-refractivity contribution in [1.29, 1.82) is 0 Å². The molecule has 2 heterocycles. The third-order valence-electron chi connectivity index (χ3n) is 6.11. The highest BCUT2D eigenvalue weighted by Gasteiger charge is 2.62. The monoisotopic (exact) mass is 339 g/mol. The van der Waals surface area contributed by atoms with Crippen molar-refractivity contribution in [2.24, 2.45) is 16.8 Å². The largest absolute Gasteiger partial charge is 0.299 e. The summed E-state index contributed by atoms with van der Waals surface area (Å²) in [6.07, 6.45) is 4.02. The molecule has 7 heteroatoms. The Morgan fingerprint density at radius 3 is 2.52 bits per heavy atom. The van der Waals surface area contributed by atoms with E-state index in [1.54, 1.807) is 9.21 Å². The van der Waals surface area contributed by atoms with Crippen molar-refractivity contribution in [3.63, 3.8) is 0 Å². The fourth-order valence-electron chi connectivity index (χ4n) is 4.73. The van der Waals surface area contributed by atoms with Crippen LogP contribution >= 0.6 is 0 Å². The molecule has 0 radical (unpaired) electrons. The first-order valence-corrected chi connectivity index (χ1v) is 10.3. The van der Waals surface area contributed by atoms with Gasteiger partial charge in [0.1, 0.15) is 11.4 Å². The lowest BCUT2D eigenvalue weighted by Gasteiger charge is -2.27. The Kier molecular flexibility index (Phi) is 3.40. The SMILES string of the molecule is CCC1=N[C@@]2(CC[C@@H]3CN(S(=O)(=O)C4CC4)C[C@@H]32)C(=O)N1CC. The molecule has 6 nitrogen and oxygen atoms in total. The molecule has 4 rings (SSSR count). The molecular weight excluding hydrogens is 314 g/mol. The number of carbonyl (C=O) groups is 1. The molecule has 0 aromatic carbocycles. The van der Waals surface area contributed by atoms with Crippen molar-refractivity contribution in [1.82, 2.24) is 9.21 Å². The number of amidine groups is 1. The minimum absolute atomic E-state index is 0.0571. The fraction of sp³-hybridized carbons (Fsp3) is 0.875. The van der Waals surface area contributed by atoms with Gasteiger partial charge in [-0.1, -0.05) is 6.92 Å². The second-order valence-electron chi connectivity index (χ2n) is 7.32. The van der Waals surface area contributed by atoms with E-state index in [2.05, 4.69) is 0 Å². The van der Waals surface area contributed by atoms with Gasteiger partial charge in [0.05, 0.1) is 5.25 Å². The molecule has 128 valence electrons. The Morgan fingerprint density at radius 1 is 1.22 bits per heavy atom. The highest BCUT2D eigenvalue weighted by atomic mass is 32.2. The number of rotatable bonds is 4. The van der Waals surface area contributed by atoms with Gasteiger partial charge in [-0.2, -0.15) is 0 Å². The molecule has 0 bridgehead atoms. The average Bonchev–Trinajstić information content (AvgIpc) is 3.13. The minimum Gasteiger partial charge on any atom is -0.299 e. The van der Waals surface area contributed by atoms with Gasteiger partial charge >= 0.3 is 0 Å². The fourth-order valence-corrected chi connectivity index (χ4v) is 6.65. The van der Waals surface area contributed by atoms with E-state index in [0.717, 1.165) is 37.9 Å². The third-order valence-corrected chi connectivity index (χ3v) is 8.44. The maximum absolute atomic E-state index is 13.0. The molecule has 1 amide bonds. The van der Waals surface area contributed by atoms with Gasteiger partial charge in [0.25, 0.3) is 5.91 Å². The predicted molar refractivity (Wildman–Crippen MR) is 87.6 cm³/mol. The van der Waals surface area contributed by atoms with E-state index in [4.69, 9.17) is 4.99 Å². The Bertz CT molecular complexity index is 670. The summed E-state index contributed by atoms with van der Waals surface area (Å²) in [5.41, 5.74) is -0.681. The molecule has 0 aromatic heterocycles. The zero-order valence-corrected chi connectivity index (χ0v) is 14.7. The average molecular weight is 339 g/mol. The lowest BCUT2D eigenvalue weighted by atomic mass is 9.85. The summed E-state index contributed by atoms with van der Waals surface area (Å²) < 4.78 is 26.8. The summed E-state index contributed by atoms with van der Waals surface area (Å²) in [5.74, 6) is 1.32. The van der Waals surface area contributed by atoms with Crippen molar-refractivity contribution in [3.05, 3.63) is 0 Å². The summed E-state index contributed by atoms with van der Waals surface area (Å²) >= 11 is 0. The molecule has 2 aliphatic carbocycles. The van der Waals surface area contributed by atoms with Crippen molar-refractivity contribution in [2.45, 2.75) is 56.7 Å². The number of sulfonamides is 1. The van der Waals surface area contributed by atoms with Crippen molar-refractivity contribution < 1.29 is 13.2 Å². The van der Waals surface area contributed by atoms with Gasteiger partial charge in [-0.15, -0.1) is 0 Å². The van der Waals surface area contributed by atoms with E-state index in [1.807, 2.05) is 13.8 Å². The Labute approximate surface area is 138 Å². The first-order valence-electron chi connectivity index (χ1n) is 8.83. The molecule has 1 saturated heterocycles. The quantitative estimate of drug-likeness (QED) is 0.773. The molecule has 4 aliphatic rings. The maximum atomic E-state index is 13.0. The number of hydrogen-bond acceptors (Lipinski definition) is 4. The number of aliphatic imine (C=N–C) groups is 1. The van der Waals surface area contributed by atoms with E-state index in [0.29, 0.717) is 19.6 Å². The number of fused-ring (bicyclic) bond motifs is 2. The zero-order valence-electron chi connectivity index (χ0n) is 13.9. The molecule has 3 atom stereocenters. The third kappa shape index (κ3) is 2.05. The molecule has 0 unspecified atom stereocenters. The predicted octanol–water partition coefficient (Wildman–Crippen LogP) is 1.23. The number of carbonyl (C=O) groups excluding carboxylic acids is 1. The van der Waals surface area contributed by atoms with Gasteiger partial charge in [-0.3, -0.25) is 14.7 Å². The lowest BCUT2D eigenvalue weighted by molar-refractivity contribution is -0.132. The summed E-state index contributed by atoms with van der Waals surface area (Å²) in [6.45, 7) is 5.72. The molecule has 0 aromatic rings. The van der Waals surface area contributed by atoms with Gasteiger partial charge < -0.3 is 0 Å². The normalized spacial score (nSPS) is 37.7. The van der Waals surface area contributed by atoms with Crippen LogP contribution in [0.25, 0.3) is 0 Å². The summed E-state index contributed by atoms with van der Waals surface area (Å²) in [5, 5.41) is -0.168. The van der Waals surface area contributed by atoms with Crippen LogP contribution in [-0.2, 0) is 14.8 Å². The minimum atomic E-state index is -3.15. The highest BCUT2D eigenvalue weighted by molar-refractivity contribution is 7.90. The van der Waals surface area contributed by atoms with Gasteiger partial charge in [0, 0.05) is 32.0 Å². The molecule has 23 heavy (non-hydrogen) atoms. The zero-order chi connectivity index (χ0) is 16.4. The molecule has 1 spiro atoms. The van der Waals surface area contributed by atoms with Crippen LogP contribution in [-0.4, -0.2) is 59.8 Å². The lowest BCUT2D eigenvalue weighted by Crippen LogP contribution is -2.47. The molecule has 2 saturated carbocycles. The number of likely N-dealkylation sites (N-methyl/N-ethyl adjacent to an activating group) is 1. The first-order chi connectivity index (χ1) is 10.9. The Morgan fingerprint density at radius 2 is 1.96 bits per heavy atom. The highest BCUT2D eigenvalue weighted by Crippen LogP contribution is 2.51.